The molecule has 0 aromatic carbocycles. The number of allylic oxidation sites excluding steroid dienone is 7. The van der Waals surface area contributed by atoms with Crippen molar-refractivity contribution in [1.82, 2.24) is 4.90 Å². The molecule has 0 N–H and O–H groups in total. The van der Waals surface area contributed by atoms with E-state index in [0.717, 1.165) is 17.6 Å². The quantitative estimate of drug-likeness (QED) is 0.587. The van der Waals surface area contributed by atoms with E-state index >= 15 is 0 Å². The van der Waals surface area contributed by atoms with Crippen LogP contribution >= 0.6 is 0 Å². The van der Waals surface area contributed by atoms with Crippen molar-refractivity contribution in [1.29, 1.82) is 0 Å². The number of hydrogen-bond donors (Lipinski definition) is 0. The van der Waals surface area contributed by atoms with E-state index in [1.807, 2.05) is 37.1 Å². The molecule has 0 saturated heterocycles. The third-order valence-electron chi connectivity index (χ3n) is 4.52. The number of rotatable bonds is 4. The first-order chi connectivity index (χ1) is 11.5. The summed E-state index contributed by atoms with van der Waals surface area (Å²) in [7, 11) is 0. The van der Waals surface area contributed by atoms with E-state index < -0.39 is 10.5 Å². The Bertz CT molecular complexity index is 783. The highest BCUT2D eigenvalue weighted by Crippen LogP contribution is 2.34. The van der Waals surface area contributed by atoms with Crippen LogP contribution in [-0.2, 0) is 4.79 Å². The summed E-state index contributed by atoms with van der Waals surface area (Å²) in [5.74, 6) is 0.497. The molecular weight excluding hydrogens is 306 g/mol. The first-order valence-electron chi connectivity index (χ1n) is 8.00. The SMILES string of the molecule is CCCC1(C)C(=O)N=C2C=CC(C3=CC([N+](=O)[O-])=CC=CC3)=CN21. The lowest BCUT2D eigenvalue weighted by molar-refractivity contribution is -0.419. The first-order valence-corrected chi connectivity index (χ1v) is 8.00. The van der Waals surface area contributed by atoms with Crippen LogP contribution in [0.3, 0.4) is 0 Å². The van der Waals surface area contributed by atoms with E-state index in [9.17, 15) is 14.9 Å². The molecular formula is C18H19N3O3. The highest BCUT2D eigenvalue weighted by atomic mass is 16.6. The van der Waals surface area contributed by atoms with Gasteiger partial charge in [0, 0.05) is 18.4 Å². The molecule has 0 aromatic heterocycles. The number of aliphatic imine (C=N–C) groups is 1. The predicted octanol–water partition coefficient (Wildman–Crippen LogP) is 3.29. The third kappa shape index (κ3) is 2.64. The van der Waals surface area contributed by atoms with Gasteiger partial charge in [-0.25, -0.2) is 0 Å². The topological polar surface area (TPSA) is 75.8 Å². The highest BCUT2D eigenvalue weighted by molar-refractivity contribution is 6.12. The van der Waals surface area contributed by atoms with Gasteiger partial charge in [-0.3, -0.25) is 14.9 Å². The van der Waals surface area contributed by atoms with Crippen LogP contribution in [0.25, 0.3) is 0 Å². The average Bonchev–Trinajstić information content (AvgIpc) is 2.73. The maximum Gasteiger partial charge on any atom is 0.273 e. The fraction of sp³-hybridized carbons (Fsp3) is 0.333. The Morgan fingerprint density at radius 3 is 2.92 bits per heavy atom. The summed E-state index contributed by atoms with van der Waals surface area (Å²) < 4.78 is 0. The van der Waals surface area contributed by atoms with Gasteiger partial charge in [-0.2, -0.15) is 4.99 Å². The number of hydrogen-bond acceptors (Lipinski definition) is 4. The maximum absolute atomic E-state index is 12.3. The number of amidine groups is 1. The predicted molar refractivity (Wildman–Crippen MR) is 91.7 cm³/mol. The summed E-state index contributed by atoms with van der Waals surface area (Å²) in [6.45, 7) is 3.93. The van der Waals surface area contributed by atoms with Crippen molar-refractivity contribution >= 4 is 11.7 Å². The zero-order valence-electron chi connectivity index (χ0n) is 13.7. The van der Waals surface area contributed by atoms with E-state index in [0.29, 0.717) is 18.7 Å². The first kappa shape index (κ1) is 16.1. The number of nitrogens with zero attached hydrogens (tertiary/aromatic N) is 3. The Hall–Kier alpha value is -2.76. The summed E-state index contributed by atoms with van der Waals surface area (Å²) in [6, 6.07) is 0. The largest absolute Gasteiger partial charge is 0.317 e. The molecule has 24 heavy (non-hydrogen) atoms. The van der Waals surface area contributed by atoms with Crippen LogP contribution in [0, 0.1) is 10.1 Å². The average molecular weight is 325 g/mol. The van der Waals surface area contributed by atoms with E-state index in [1.54, 1.807) is 18.2 Å². The normalized spacial score (nSPS) is 25.6. The van der Waals surface area contributed by atoms with Gasteiger partial charge in [0.2, 0.25) is 0 Å². The zero-order valence-corrected chi connectivity index (χ0v) is 13.7. The Kier molecular flexibility index (Phi) is 4.05. The summed E-state index contributed by atoms with van der Waals surface area (Å²) in [6.07, 6.45) is 14.4. The fourth-order valence-electron chi connectivity index (χ4n) is 3.17. The second-order valence-corrected chi connectivity index (χ2v) is 6.24. The molecule has 6 heteroatoms. The molecule has 1 atom stereocenters. The molecule has 0 bridgehead atoms. The molecule has 0 fully saturated rings. The molecule has 6 nitrogen and oxygen atoms in total. The van der Waals surface area contributed by atoms with Crippen molar-refractivity contribution in [2.45, 2.75) is 38.6 Å². The van der Waals surface area contributed by atoms with E-state index in [2.05, 4.69) is 4.99 Å². The molecule has 0 aromatic rings. The zero-order chi connectivity index (χ0) is 17.3. The number of amides is 1. The van der Waals surface area contributed by atoms with Crippen LogP contribution in [0.5, 0.6) is 0 Å². The van der Waals surface area contributed by atoms with Crippen molar-refractivity contribution in [2.24, 2.45) is 4.99 Å². The molecule has 3 aliphatic rings. The Morgan fingerprint density at radius 1 is 1.42 bits per heavy atom. The summed E-state index contributed by atoms with van der Waals surface area (Å²) >= 11 is 0. The molecule has 1 amide bonds. The van der Waals surface area contributed by atoms with Crippen molar-refractivity contribution < 1.29 is 9.72 Å². The van der Waals surface area contributed by atoms with Gasteiger partial charge in [0.1, 0.15) is 11.4 Å². The van der Waals surface area contributed by atoms with Gasteiger partial charge in [-0.15, -0.1) is 0 Å². The summed E-state index contributed by atoms with van der Waals surface area (Å²) in [4.78, 5) is 29.1. The van der Waals surface area contributed by atoms with Gasteiger partial charge in [0.15, 0.2) is 0 Å². The minimum Gasteiger partial charge on any atom is -0.317 e. The van der Waals surface area contributed by atoms with Crippen LogP contribution < -0.4 is 0 Å². The van der Waals surface area contributed by atoms with Gasteiger partial charge in [0.25, 0.3) is 11.6 Å². The molecule has 1 aliphatic carbocycles. The highest BCUT2D eigenvalue weighted by Gasteiger charge is 2.45. The lowest BCUT2D eigenvalue weighted by atomic mass is 9.92. The number of nitro groups is 1. The molecule has 0 radical (unpaired) electrons. The minimum absolute atomic E-state index is 0.0568. The van der Waals surface area contributed by atoms with Crippen LogP contribution in [0.4, 0.5) is 0 Å². The Balaban J connectivity index is 1.98. The summed E-state index contributed by atoms with van der Waals surface area (Å²) in [5, 5.41) is 11.1. The van der Waals surface area contributed by atoms with Crippen molar-refractivity contribution in [3.63, 3.8) is 0 Å². The van der Waals surface area contributed by atoms with E-state index in [-0.39, 0.29) is 11.6 Å². The van der Waals surface area contributed by atoms with Gasteiger partial charge in [-0.05, 0) is 43.1 Å². The van der Waals surface area contributed by atoms with E-state index in [4.69, 9.17) is 0 Å². The van der Waals surface area contributed by atoms with Crippen molar-refractivity contribution in [3.8, 4) is 0 Å². The van der Waals surface area contributed by atoms with Crippen LogP contribution in [0.1, 0.15) is 33.1 Å². The van der Waals surface area contributed by atoms with Gasteiger partial charge in [-0.1, -0.05) is 25.5 Å². The van der Waals surface area contributed by atoms with Crippen LogP contribution in [0.2, 0.25) is 0 Å². The van der Waals surface area contributed by atoms with Gasteiger partial charge in [0.05, 0.1) is 4.92 Å². The molecule has 2 aliphatic heterocycles. The molecule has 2 heterocycles. The molecule has 124 valence electrons. The van der Waals surface area contributed by atoms with Crippen LogP contribution in [0.15, 0.2) is 64.5 Å². The standard InChI is InChI=1S/C18H19N3O3/c1-3-10-18(2)17(22)19-16-9-8-14(12-20(16)18)13-6-4-5-7-15(11-13)21(23)24/h4-5,7-9,11-12H,3,6,10H2,1-2H3. The monoisotopic (exact) mass is 325 g/mol. The summed E-state index contributed by atoms with van der Waals surface area (Å²) in [5.41, 5.74) is 1.09. The maximum atomic E-state index is 12.3. The lowest BCUT2D eigenvalue weighted by Crippen LogP contribution is -2.46. The second kappa shape index (κ2) is 6.03. The third-order valence-corrected chi connectivity index (χ3v) is 4.52. The molecule has 0 saturated carbocycles. The number of carbonyl (C=O) groups excluding carboxylic acids is 1. The smallest absolute Gasteiger partial charge is 0.273 e. The molecule has 0 spiro atoms. The molecule has 1 unspecified atom stereocenters. The van der Waals surface area contributed by atoms with Gasteiger partial charge < -0.3 is 4.90 Å². The van der Waals surface area contributed by atoms with Crippen LogP contribution in [-0.4, -0.2) is 27.1 Å². The Morgan fingerprint density at radius 2 is 2.21 bits per heavy atom. The number of carbonyl (C=O) groups is 1. The lowest BCUT2D eigenvalue weighted by Gasteiger charge is -2.34. The Labute approximate surface area is 140 Å². The van der Waals surface area contributed by atoms with Crippen molar-refractivity contribution in [3.05, 3.63) is 69.6 Å². The fourth-order valence-corrected chi connectivity index (χ4v) is 3.17. The second-order valence-electron chi connectivity index (χ2n) is 6.24. The van der Waals surface area contributed by atoms with E-state index in [1.165, 1.54) is 6.08 Å². The van der Waals surface area contributed by atoms with Crippen molar-refractivity contribution in [2.75, 3.05) is 0 Å². The number of fused-ring (bicyclic) bond motifs is 1. The van der Waals surface area contributed by atoms with Gasteiger partial charge >= 0.3 is 0 Å². The minimum atomic E-state index is -0.678. The molecule has 3 rings (SSSR count).